The summed E-state index contributed by atoms with van der Waals surface area (Å²) in [7, 11) is 0. The second-order valence-corrected chi connectivity index (χ2v) is 4.42. The van der Waals surface area contributed by atoms with Gasteiger partial charge in [-0.3, -0.25) is 4.79 Å². The van der Waals surface area contributed by atoms with E-state index in [4.69, 9.17) is 9.84 Å². The van der Waals surface area contributed by atoms with Gasteiger partial charge in [0.25, 0.3) is 0 Å². The van der Waals surface area contributed by atoms with E-state index in [1.165, 1.54) is 6.92 Å². The first-order valence-electron chi connectivity index (χ1n) is 5.35. The zero-order chi connectivity index (χ0) is 12.2. The molecule has 0 heterocycles. The van der Waals surface area contributed by atoms with Crippen LogP contribution < -0.4 is 4.74 Å². The highest BCUT2D eigenvalue weighted by atomic mass is 16.5. The van der Waals surface area contributed by atoms with Gasteiger partial charge >= 0.3 is 0 Å². The maximum absolute atomic E-state index is 11.1. The molecule has 0 radical (unpaired) electrons. The molecule has 0 amide bonds. The smallest absolute Gasteiger partial charge is 0.159 e. The summed E-state index contributed by atoms with van der Waals surface area (Å²) in [4.78, 5) is 11.1. The van der Waals surface area contributed by atoms with Gasteiger partial charge in [-0.2, -0.15) is 0 Å². The molecular formula is C13H18O3. The van der Waals surface area contributed by atoms with E-state index in [0.717, 1.165) is 0 Å². The number of benzene rings is 1. The molecule has 3 heteroatoms. The lowest BCUT2D eigenvalue weighted by molar-refractivity contribution is 0.0765. The number of rotatable bonds is 5. The van der Waals surface area contributed by atoms with Gasteiger partial charge in [0.15, 0.2) is 5.78 Å². The van der Waals surface area contributed by atoms with Gasteiger partial charge in [-0.1, -0.05) is 0 Å². The van der Waals surface area contributed by atoms with Crippen molar-refractivity contribution in [3.63, 3.8) is 0 Å². The Hall–Kier alpha value is -1.35. The van der Waals surface area contributed by atoms with Crippen LogP contribution in [0, 0.1) is 0 Å². The Morgan fingerprint density at radius 1 is 1.31 bits per heavy atom. The summed E-state index contributed by atoms with van der Waals surface area (Å²) in [5, 5.41) is 8.87. The van der Waals surface area contributed by atoms with Crippen molar-refractivity contribution in [1.29, 1.82) is 0 Å². The molecule has 16 heavy (non-hydrogen) atoms. The summed E-state index contributed by atoms with van der Waals surface area (Å²) in [5.41, 5.74) is 0.277. The number of aliphatic hydroxyl groups excluding tert-OH is 1. The molecule has 0 aliphatic carbocycles. The van der Waals surface area contributed by atoms with Crippen LogP contribution in [-0.4, -0.2) is 23.1 Å². The lowest BCUT2D eigenvalue weighted by Crippen LogP contribution is -2.29. The SMILES string of the molecule is CC(=O)c1ccc(OC(C)(C)CCO)cc1. The molecule has 0 bridgehead atoms. The molecule has 1 aromatic carbocycles. The molecule has 0 aromatic heterocycles. The maximum atomic E-state index is 11.1. The van der Waals surface area contributed by atoms with Crippen LogP contribution in [0.5, 0.6) is 5.75 Å². The number of hydrogen-bond donors (Lipinski definition) is 1. The van der Waals surface area contributed by atoms with Gasteiger partial charge < -0.3 is 9.84 Å². The van der Waals surface area contributed by atoms with Gasteiger partial charge in [0.2, 0.25) is 0 Å². The third-order valence-electron chi connectivity index (χ3n) is 2.37. The lowest BCUT2D eigenvalue weighted by atomic mass is 10.1. The van der Waals surface area contributed by atoms with E-state index >= 15 is 0 Å². The van der Waals surface area contributed by atoms with Crippen molar-refractivity contribution in [2.45, 2.75) is 32.8 Å². The van der Waals surface area contributed by atoms with E-state index in [0.29, 0.717) is 17.7 Å². The number of carbonyl (C=O) groups is 1. The van der Waals surface area contributed by atoms with Crippen molar-refractivity contribution in [2.75, 3.05) is 6.61 Å². The van der Waals surface area contributed by atoms with Crippen molar-refractivity contribution < 1.29 is 14.6 Å². The number of ketones is 1. The van der Waals surface area contributed by atoms with Gasteiger partial charge in [0, 0.05) is 18.6 Å². The van der Waals surface area contributed by atoms with Gasteiger partial charge in [-0.25, -0.2) is 0 Å². The van der Waals surface area contributed by atoms with Crippen molar-refractivity contribution in [3.8, 4) is 5.75 Å². The fourth-order valence-electron chi connectivity index (χ4n) is 1.40. The summed E-state index contributed by atoms with van der Waals surface area (Å²) < 4.78 is 5.71. The molecule has 88 valence electrons. The van der Waals surface area contributed by atoms with Crippen LogP contribution >= 0.6 is 0 Å². The highest BCUT2D eigenvalue weighted by Crippen LogP contribution is 2.21. The summed E-state index contributed by atoms with van der Waals surface area (Å²) in [6.07, 6.45) is 0.571. The Bertz CT molecular complexity index is 352. The minimum Gasteiger partial charge on any atom is -0.488 e. The first kappa shape index (κ1) is 12.7. The zero-order valence-electron chi connectivity index (χ0n) is 9.99. The fraction of sp³-hybridized carbons (Fsp3) is 0.462. The topological polar surface area (TPSA) is 46.5 Å². The predicted molar refractivity (Wildman–Crippen MR) is 62.9 cm³/mol. The molecule has 1 rings (SSSR count). The fourth-order valence-corrected chi connectivity index (χ4v) is 1.40. The van der Waals surface area contributed by atoms with E-state index in [2.05, 4.69) is 0 Å². The molecule has 0 fully saturated rings. The van der Waals surface area contributed by atoms with E-state index < -0.39 is 5.60 Å². The average molecular weight is 222 g/mol. The van der Waals surface area contributed by atoms with Crippen LogP contribution in [0.4, 0.5) is 0 Å². The van der Waals surface area contributed by atoms with Crippen molar-refractivity contribution in [3.05, 3.63) is 29.8 Å². The third-order valence-corrected chi connectivity index (χ3v) is 2.37. The molecule has 0 saturated carbocycles. The number of aliphatic hydroxyl groups is 1. The Kier molecular flexibility index (Phi) is 4.07. The summed E-state index contributed by atoms with van der Waals surface area (Å²) >= 11 is 0. The number of Topliss-reactive ketones (excluding diaryl/α,β-unsaturated/α-hetero) is 1. The summed E-state index contributed by atoms with van der Waals surface area (Å²) in [6, 6.07) is 7.03. The van der Waals surface area contributed by atoms with E-state index in [1.54, 1.807) is 24.3 Å². The molecule has 3 nitrogen and oxygen atoms in total. The summed E-state index contributed by atoms with van der Waals surface area (Å²) in [6.45, 7) is 5.47. The van der Waals surface area contributed by atoms with E-state index in [9.17, 15) is 4.79 Å². The Morgan fingerprint density at radius 3 is 2.31 bits per heavy atom. The standard InChI is InChI=1S/C13H18O3/c1-10(15)11-4-6-12(7-5-11)16-13(2,3)8-9-14/h4-7,14H,8-9H2,1-3H3. The molecule has 1 N–H and O–H groups in total. The molecule has 0 aliphatic heterocycles. The van der Waals surface area contributed by atoms with Crippen LogP contribution in [0.25, 0.3) is 0 Å². The first-order chi connectivity index (χ1) is 7.44. The quantitative estimate of drug-likeness (QED) is 0.778. The second-order valence-electron chi connectivity index (χ2n) is 4.42. The predicted octanol–water partition coefficient (Wildman–Crippen LogP) is 2.43. The molecule has 0 spiro atoms. The number of hydrogen-bond acceptors (Lipinski definition) is 3. The molecular weight excluding hydrogens is 204 g/mol. The third kappa shape index (κ3) is 3.66. The minimum absolute atomic E-state index is 0.0427. The Balaban J connectivity index is 2.72. The number of ether oxygens (including phenoxy) is 1. The monoisotopic (exact) mass is 222 g/mol. The van der Waals surface area contributed by atoms with Gasteiger partial charge in [0.1, 0.15) is 11.4 Å². The first-order valence-corrected chi connectivity index (χ1v) is 5.35. The van der Waals surface area contributed by atoms with E-state index in [-0.39, 0.29) is 12.4 Å². The highest BCUT2D eigenvalue weighted by molar-refractivity contribution is 5.94. The molecule has 0 saturated heterocycles. The Labute approximate surface area is 96.1 Å². The number of carbonyl (C=O) groups excluding carboxylic acids is 1. The largest absolute Gasteiger partial charge is 0.488 e. The zero-order valence-corrected chi connectivity index (χ0v) is 9.99. The average Bonchev–Trinajstić information content (AvgIpc) is 2.17. The van der Waals surface area contributed by atoms with Crippen LogP contribution in [0.1, 0.15) is 37.6 Å². The Morgan fingerprint density at radius 2 is 1.88 bits per heavy atom. The summed E-state index contributed by atoms with van der Waals surface area (Å²) in [5.74, 6) is 0.754. The molecule has 0 aliphatic rings. The molecule has 0 unspecified atom stereocenters. The van der Waals surface area contributed by atoms with Gasteiger partial charge in [-0.05, 0) is 45.0 Å². The molecule has 1 aromatic rings. The van der Waals surface area contributed by atoms with E-state index in [1.807, 2.05) is 13.8 Å². The van der Waals surface area contributed by atoms with Gasteiger partial charge in [0.05, 0.1) is 0 Å². The minimum atomic E-state index is -0.396. The normalized spacial score (nSPS) is 11.2. The molecule has 0 atom stereocenters. The second kappa shape index (κ2) is 5.12. The van der Waals surface area contributed by atoms with Crippen molar-refractivity contribution in [2.24, 2.45) is 0 Å². The van der Waals surface area contributed by atoms with Crippen molar-refractivity contribution in [1.82, 2.24) is 0 Å². The van der Waals surface area contributed by atoms with Gasteiger partial charge in [-0.15, -0.1) is 0 Å². The lowest BCUT2D eigenvalue weighted by Gasteiger charge is -2.25. The van der Waals surface area contributed by atoms with Crippen LogP contribution in [-0.2, 0) is 0 Å². The highest BCUT2D eigenvalue weighted by Gasteiger charge is 2.18. The maximum Gasteiger partial charge on any atom is 0.159 e. The van der Waals surface area contributed by atoms with Crippen molar-refractivity contribution >= 4 is 5.78 Å². The van der Waals surface area contributed by atoms with Crippen LogP contribution in [0.3, 0.4) is 0 Å². The van der Waals surface area contributed by atoms with Crippen LogP contribution in [0.15, 0.2) is 24.3 Å². The van der Waals surface area contributed by atoms with Crippen LogP contribution in [0.2, 0.25) is 0 Å².